The van der Waals surface area contributed by atoms with Gasteiger partial charge in [-0.25, -0.2) is 4.98 Å². The number of carboxylic acid groups (broad SMARTS) is 1. The molecule has 0 unspecified atom stereocenters. The van der Waals surface area contributed by atoms with Crippen molar-refractivity contribution in [3.8, 4) is 11.5 Å². The third-order valence-corrected chi connectivity index (χ3v) is 5.54. The maximum absolute atomic E-state index is 12.4. The summed E-state index contributed by atoms with van der Waals surface area (Å²) in [5.74, 6) is -0.606. The van der Waals surface area contributed by atoms with Crippen LogP contribution in [0.15, 0.2) is 54.6 Å². The molecule has 0 aliphatic carbocycles. The summed E-state index contributed by atoms with van der Waals surface area (Å²) in [5, 5.41) is 22.8. The Bertz CT molecular complexity index is 1090. The Morgan fingerprint density at radius 2 is 1.81 bits per heavy atom. The second-order valence-corrected chi connectivity index (χ2v) is 7.51. The number of nitrogens with one attached hydrogen (secondary N) is 1. The SMILES string of the molecule is CCC(CC)(CC(=O)Nc1cccc(OCc2ccc3ccc(O)cc3n2)c1)C(=O)O. The van der Waals surface area contributed by atoms with Gasteiger partial charge in [-0.05, 0) is 43.2 Å². The summed E-state index contributed by atoms with van der Waals surface area (Å²) in [7, 11) is 0. The topological polar surface area (TPSA) is 109 Å². The normalized spacial score (nSPS) is 11.3. The minimum atomic E-state index is -1.06. The van der Waals surface area contributed by atoms with Crippen molar-refractivity contribution in [3.63, 3.8) is 0 Å². The molecule has 2 aromatic carbocycles. The number of phenolic OH excluding ortho intramolecular Hbond substituents is 1. The number of amides is 1. The lowest BCUT2D eigenvalue weighted by atomic mass is 9.79. The maximum atomic E-state index is 12.4. The van der Waals surface area contributed by atoms with Gasteiger partial charge in [0, 0.05) is 29.6 Å². The number of ether oxygens (including phenoxy) is 1. The zero-order valence-corrected chi connectivity index (χ0v) is 17.6. The van der Waals surface area contributed by atoms with Gasteiger partial charge in [0.2, 0.25) is 5.91 Å². The number of phenols is 1. The van der Waals surface area contributed by atoms with Gasteiger partial charge in [0.15, 0.2) is 0 Å². The molecule has 1 amide bonds. The van der Waals surface area contributed by atoms with Crippen molar-refractivity contribution in [3.05, 3.63) is 60.3 Å². The number of hydrogen-bond donors (Lipinski definition) is 3. The summed E-state index contributed by atoms with van der Waals surface area (Å²) >= 11 is 0. The number of aromatic hydroxyl groups is 1. The highest BCUT2D eigenvalue weighted by molar-refractivity contribution is 5.94. The van der Waals surface area contributed by atoms with Crippen LogP contribution in [0.25, 0.3) is 10.9 Å². The summed E-state index contributed by atoms with van der Waals surface area (Å²) in [6.07, 6.45) is 0.673. The molecule has 0 bridgehead atoms. The average molecular weight is 422 g/mol. The fourth-order valence-electron chi connectivity index (χ4n) is 3.44. The van der Waals surface area contributed by atoms with E-state index < -0.39 is 11.4 Å². The first-order valence-corrected chi connectivity index (χ1v) is 10.2. The molecule has 7 nitrogen and oxygen atoms in total. The summed E-state index contributed by atoms with van der Waals surface area (Å²) in [4.78, 5) is 28.6. The second-order valence-electron chi connectivity index (χ2n) is 7.51. The molecule has 0 spiro atoms. The van der Waals surface area contributed by atoms with Gasteiger partial charge in [0.05, 0.1) is 16.6 Å². The van der Waals surface area contributed by atoms with Gasteiger partial charge < -0.3 is 20.3 Å². The van der Waals surface area contributed by atoms with E-state index >= 15 is 0 Å². The first-order chi connectivity index (χ1) is 14.8. The van der Waals surface area contributed by atoms with Crippen molar-refractivity contribution >= 4 is 28.5 Å². The molecular formula is C24H26N2O5. The molecule has 1 aromatic heterocycles. The van der Waals surface area contributed by atoms with Gasteiger partial charge in [-0.3, -0.25) is 9.59 Å². The van der Waals surface area contributed by atoms with Crippen LogP contribution in [0.2, 0.25) is 0 Å². The van der Waals surface area contributed by atoms with Crippen LogP contribution in [0.1, 0.15) is 38.8 Å². The van der Waals surface area contributed by atoms with Crippen molar-refractivity contribution in [2.24, 2.45) is 5.41 Å². The molecule has 0 saturated heterocycles. The van der Waals surface area contributed by atoms with Crippen LogP contribution in [-0.2, 0) is 16.2 Å². The van der Waals surface area contributed by atoms with Gasteiger partial charge in [0.1, 0.15) is 18.1 Å². The number of rotatable bonds is 9. The number of aliphatic carboxylic acids is 1. The largest absolute Gasteiger partial charge is 0.508 e. The molecule has 1 heterocycles. The number of fused-ring (bicyclic) bond motifs is 1. The monoisotopic (exact) mass is 422 g/mol. The van der Waals surface area contributed by atoms with E-state index in [1.165, 1.54) is 0 Å². The van der Waals surface area contributed by atoms with Crippen molar-refractivity contribution < 1.29 is 24.5 Å². The molecule has 0 aliphatic rings. The lowest BCUT2D eigenvalue weighted by Crippen LogP contribution is -2.34. The number of carboxylic acids is 1. The second kappa shape index (κ2) is 9.47. The molecule has 3 aromatic rings. The van der Waals surface area contributed by atoms with E-state index in [2.05, 4.69) is 10.3 Å². The number of aromatic nitrogens is 1. The van der Waals surface area contributed by atoms with Crippen molar-refractivity contribution in [1.29, 1.82) is 0 Å². The highest BCUT2D eigenvalue weighted by Crippen LogP contribution is 2.31. The van der Waals surface area contributed by atoms with E-state index in [1.807, 2.05) is 12.1 Å². The third kappa shape index (κ3) is 5.31. The Labute approximate surface area is 180 Å². The van der Waals surface area contributed by atoms with Crippen LogP contribution in [0.3, 0.4) is 0 Å². The predicted molar refractivity (Wildman–Crippen MR) is 118 cm³/mol. The van der Waals surface area contributed by atoms with Gasteiger partial charge in [-0.15, -0.1) is 0 Å². The highest BCUT2D eigenvalue weighted by atomic mass is 16.5. The zero-order valence-electron chi connectivity index (χ0n) is 17.6. The molecule has 3 N–H and O–H groups in total. The Kier molecular flexibility index (Phi) is 6.74. The zero-order chi connectivity index (χ0) is 22.4. The molecule has 0 radical (unpaired) electrons. The molecule has 0 atom stereocenters. The minimum absolute atomic E-state index is 0.0890. The molecule has 3 rings (SSSR count). The summed E-state index contributed by atoms with van der Waals surface area (Å²) in [6, 6.07) is 15.7. The van der Waals surface area contributed by atoms with Crippen LogP contribution >= 0.6 is 0 Å². The Balaban J connectivity index is 1.65. The Morgan fingerprint density at radius 3 is 2.52 bits per heavy atom. The number of carbonyl (C=O) groups is 2. The minimum Gasteiger partial charge on any atom is -0.508 e. The molecule has 0 fully saturated rings. The molecule has 7 heteroatoms. The number of carbonyl (C=O) groups excluding carboxylic acids is 1. The van der Waals surface area contributed by atoms with E-state index in [0.717, 1.165) is 5.39 Å². The quantitative estimate of drug-likeness (QED) is 0.460. The standard InChI is InChI=1S/C24H26N2O5/c1-3-24(4-2,23(29)30)14-22(28)26-17-6-5-7-20(12-17)31-15-18-10-8-16-9-11-19(27)13-21(16)25-18/h5-13,27H,3-4,14-15H2,1-2H3,(H,26,28)(H,29,30). The Hall–Kier alpha value is -3.61. The highest BCUT2D eigenvalue weighted by Gasteiger charge is 2.37. The number of anilines is 1. The smallest absolute Gasteiger partial charge is 0.310 e. The van der Waals surface area contributed by atoms with E-state index in [9.17, 15) is 19.8 Å². The van der Waals surface area contributed by atoms with Gasteiger partial charge in [-0.2, -0.15) is 0 Å². The van der Waals surface area contributed by atoms with Crippen LogP contribution in [0.4, 0.5) is 5.69 Å². The molecule has 0 aliphatic heterocycles. The molecule has 162 valence electrons. The van der Waals surface area contributed by atoms with Crippen LogP contribution in [0, 0.1) is 5.41 Å². The van der Waals surface area contributed by atoms with E-state index in [4.69, 9.17) is 4.74 Å². The van der Waals surface area contributed by atoms with E-state index in [0.29, 0.717) is 35.5 Å². The fraction of sp³-hybridized carbons (Fsp3) is 0.292. The molecule has 0 saturated carbocycles. The van der Waals surface area contributed by atoms with E-state index in [1.54, 1.807) is 56.3 Å². The lowest BCUT2D eigenvalue weighted by molar-refractivity contribution is -0.151. The number of benzene rings is 2. The van der Waals surface area contributed by atoms with E-state index in [-0.39, 0.29) is 24.7 Å². The molecular weight excluding hydrogens is 396 g/mol. The first-order valence-electron chi connectivity index (χ1n) is 10.2. The van der Waals surface area contributed by atoms with Crippen molar-refractivity contribution in [2.75, 3.05) is 5.32 Å². The van der Waals surface area contributed by atoms with Crippen LogP contribution in [-0.4, -0.2) is 27.1 Å². The van der Waals surface area contributed by atoms with Gasteiger partial charge >= 0.3 is 5.97 Å². The van der Waals surface area contributed by atoms with Crippen molar-refractivity contribution in [1.82, 2.24) is 4.98 Å². The van der Waals surface area contributed by atoms with Crippen LogP contribution < -0.4 is 10.1 Å². The van der Waals surface area contributed by atoms with Crippen molar-refractivity contribution in [2.45, 2.75) is 39.7 Å². The van der Waals surface area contributed by atoms with Gasteiger partial charge in [0.25, 0.3) is 0 Å². The fourth-order valence-corrected chi connectivity index (χ4v) is 3.44. The van der Waals surface area contributed by atoms with Crippen LogP contribution in [0.5, 0.6) is 11.5 Å². The number of hydrogen-bond acceptors (Lipinski definition) is 5. The predicted octanol–water partition coefficient (Wildman–Crippen LogP) is 4.74. The Morgan fingerprint density at radius 1 is 1.06 bits per heavy atom. The molecule has 31 heavy (non-hydrogen) atoms. The number of nitrogens with zero attached hydrogens (tertiary/aromatic N) is 1. The lowest BCUT2D eigenvalue weighted by Gasteiger charge is -2.25. The number of pyridine rings is 1. The summed E-state index contributed by atoms with van der Waals surface area (Å²) in [6.45, 7) is 3.78. The summed E-state index contributed by atoms with van der Waals surface area (Å²) in [5.41, 5.74) is 0.847. The summed E-state index contributed by atoms with van der Waals surface area (Å²) < 4.78 is 5.80. The third-order valence-electron chi connectivity index (χ3n) is 5.54. The maximum Gasteiger partial charge on any atom is 0.310 e. The van der Waals surface area contributed by atoms with Gasteiger partial charge in [-0.1, -0.05) is 26.0 Å². The average Bonchev–Trinajstić information content (AvgIpc) is 2.75. The first kappa shape index (κ1) is 22.1.